The van der Waals surface area contributed by atoms with Crippen LogP contribution in [-0.2, 0) is 27.2 Å². The van der Waals surface area contributed by atoms with E-state index in [1.165, 1.54) is 26.2 Å². The van der Waals surface area contributed by atoms with Crippen molar-refractivity contribution in [2.75, 3.05) is 44.6 Å². The van der Waals surface area contributed by atoms with Gasteiger partial charge in [-0.25, -0.2) is 0 Å². The minimum atomic E-state index is -4.73. The molecular weight excluding hydrogens is 589 g/mol. The van der Waals surface area contributed by atoms with Gasteiger partial charge in [-0.1, -0.05) is 29.8 Å². The number of carbonyl (C=O) groups excluding carboxylic acids is 1. The van der Waals surface area contributed by atoms with Gasteiger partial charge in [-0.2, -0.15) is 13.2 Å². The molecule has 0 spiro atoms. The number of benzene rings is 1. The molecule has 1 aliphatic heterocycles. The largest absolute Gasteiger partial charge is 0.465 e. The van der Waals surface area contributed by atoms with Crippen LogP contribution in [0.3, 0.4) is 0 Å². The Morgan fingerprint density at radius 1 is 1.25 bits per heavy atom. The topological polar surface area (TPSA) is 68.6 Å². The van der Waals surface area contributed by atoms with E-state index in [9.17, 15) is 18.0 Å². The molecule has 0 bridgehead atoms. The van der Waals surface area contributed by atoms with E-state index in [-0.39, 0.29) is 40.4 Å². The number of fused-ring (bicyclic) bond motifs is 1. The molecule has 40 heavy (non-hydrogen) atoms. The van der Waals surface area contributed by atoms with Crippen molar-refractivity contribution >= 4 is 38.5 Å². The molecule has 1 aliphatic rings. The average molecular weight is 634 g/mol. The summed E-state index contributed by atoms with van der Waals surface area (Å²) in [7, 11) is 1.35. The summed E-state index contributed by atoms with van der Waals surface area (Å²) in [5, 5.41) is 2.19. The number of nitrogens with zero attached hydrogens (tertiary/aromatic N) is 3. The highest BCUT2D eigenvalue weighted by molar-refractivity contribution is 9.10. The van der Waals surface area contributed by atoms with Gasteiger partial charge in [0.25, 0.3) is 0 Å². The lowest BCUT2D eigenvalue weighted by atomic mass is 9.84. The number of piperazine rings is 1. The number of carbonyl (C=O) groups is 1. The molecule has 0 saturated carbocycles. The summed E-state index contributed by atoms with van der Waals surface area (Å²) in [5.41, 5.74) is -0.601. The number of rotatable bonds is 9. The van der Waals surface area contributed by atoms with Crippen LogP contribution >= 0.6 is 15.9 Å². The number of hydrogen-bond donors (Lipinski definition) is 1. The summed E-state index contributed by atoms with van der Waals surface area (Å²) in [6.07, 6.45) is -4.50. The van der Waals surface area contributed by atoms with E-state index in [4.69, 9.17) is 20.4 Å². The Balaban J connectivity index is 2.15. The number of nitrogens with one attached hydrogen (secondary N) is 1. The van der Waals surface area contributed by atoms with Crippen molar-refractivity contribution in [2.45, 2.75) is 52.9 Å². The third kappa shape index (κ3) is 6.98. The summed E-state index contributed by atoms with van der Waals surface area (Å²) < 4.78 is 123. The van der Waals surface area contributed by atoms with Crippen LogP contribution in [-0.4, -0.2) is 61.4 Å². The SMILES string of the molecule is [2H]C1([2H])NC([2H])([2H])C([2H])([2H])N(c2cnc([C@H](C)OC)c(-c3c(CC(C)(C)COC(C)=O)c4cc(Br)ccc4n3CC(F)(F)F)c2)C1([2H])[2H]. The molecule has 0 amide bonds. The fourth-order valence-corrected chi connectivity index (χ4v) is 4.98. The first-order valence-electron chi connectivity index (χ1n) is 16.4. The van der Waals surface area contributed by atoms with Crippen molar-refractivity contribution in [1.29, 1.82) is 0 Å². The molecule has 0 unspecified atom stereocenters. The number of aromatic nitrogens is 2. The number of alkyl halides is 3. The van der Waals surface area contributed by atoms with Crippen molar-refractivity contribution in [3.8, 4) is 11.3 Å². The number of methoxy groups -OCH3 is 1. The maximum absolute atomic E-state index is 14.3. The lowest BCUT2D eigenvalue weighted by Crippen LogP contribution is -2.43. The highest BCUT2D eigenvalue weighted by atomic mass is 79.9. The zero-order valence-corrected chi connectivity index (χ0v) is 24.2. The Morgan fingerprint density at radius 3 is 2.58 bits per heavy atom. The predicted molar refractivity (Wildman–Crippen MR) is 154 cm³/mol. The highest BCUT2D eigenvalue weighted by Crippen LogP contribution is 2.43. The lowest BCUT2D eigenvalue weighted by Gasteiger charge is -2.30. The molecular formula is C29H36BrF3N4O3. The Labute approximate surface area is 252 Å². The maximum Gasteiger partial charge on any atom is 0.406 e. The number of esters is 1. The molecule has 7 nitrogen and oxygen atoms in total. The number of anilines is 1. The second-order valence-electron chi connectivity index (χ2n) is 10.2. The van der Waals surface area contributed by atoms with Crippen molar-refractivity contribution in [3.63, 3.8) is 0 Å². The molecule has 218 valence electrons. The van der Waals surface area contributed by atoms with Gasteiger partial charge in [0, 0.05) is 71.9 Å². The van der Waals surface area contributed by atoms with Gasteiger partial charge in [0.2, 0.25) is 0 Å². The maximum atomic E-state index is 14.3. The zero-order chi connectivity index (χ0) is 36.4. The molecule has 0 aliphatic carbocycles. The highest BCUT2D eigenvalue weighted by Gasteiger charge is 2.35. The standard InChI is InChI=1S/C29H36BrF3N4O3/c1-18(39-5)26-23(13-21(15-35-26)36-10-8-34-9-11-36)27-24(14-28(3,4)17-40-19(2)38)22-12-20(30)6-7-25(22)37(27)16-29(31,32)33/h6-7,12-13,15,18,34H,8-11,14,16-17H2,1-5H3/t18-/m0/s1/i8D2,9D2,10D2,11D2. The summed E-state index contributed by atoms with van der Waals surface area (Å²) in [6, 6.07) is 5.92. The van der Waals surface area contributed by atoms with Crippen molar-refractivity contribution in [3.05, 3.63) is 46.2 Å². The fraction of sp³-hybridized carbons (Fsp3) is 0.517. The second-order valence-corrected chi connectivity index (χ2v) is 11.2. The Hall–Kier alpha value is -2.63. The molecule has 1 N–H and O–H groups in total. The Bertz CT molecular complexity index is 1690. The van der Waals surface area contributed by atoms with Crippen LogP contribution in [0.4, 0.5) is 18.9 Å². The molecule has 1 saturated heterocycles. The average Bonchev–Trinajstić information content (AvgIpc) is 3.19. The lowest BCUT2D eigenvalue weighted by molar-refractivity contribution is -0.144. The van der Waals surface area contributed by atoms with Gasteiger partial charge < -0.3 is 24.3 Å². The van der Waals surface area contributed by atoms with Crippen LogP contribution in [0, 0.1) is 5.41 Å². The van der Waals surface area contributed by atoms with Crippen LogP contribution in [0.1, 0.15) is 56.0 Å². The summed E-state index contributed by atoms with van der Waals surface area (Å²) in [6.45, 7) is -7.90. The van der Waals surface area contributed by atoms with Crippen molar-refractivity contribution < 1.29 is 38.4 Å². The van der Waals surface area contributed by atoms with Gasteiger partial charge in [-0.3, -0.25) is 9.78 Å². The number of hydrogen-bond acceptors (Lipinski definition) is 6. The van der Waals surface area contributed by atoms with E-state index in [1.807, 2.05) is 0 Å². The number of halogens is 4. The second kappa shape index (κ2) is 12.1. The van der Waals surface area contributed by atoms with Gasteiger partial charge in [-0.15, -0.1) is 0 Å². The van der Waals surface area contributed by atoms with Crippen LogP contribution in [0.25, 0.3) is 22.2 Å². The van der Waals surface area contributed by atoms with Crippen LogP contribution in [0.15, 0.2) is 34.9 Å². The minimum Gasteiger partial charge on any atom is -0.465 e. The molecule has 11 heteroatoms. The summed E-state index contributed by atoms with van der Waals surface area (Å²) in [5.74, 6) is -0.544. The van der Waals surface area contributed by atoms with E-state index in [0.29, 0.717) is 15.4 Å². The smallest absolute Gasteiger partial charge is 0.406 e. The van der Waals surface area contributed by atoms with Gasteiger partial charge >= 0.3 is 12.1 Å². The first kappa shape index (κ1) is 21.1. The fourth-order valence-electron chi connectivity index (χ4n) is 4.62. The quantitative estimate of drug-likeness (QED) is 0.280. The number of ether oxygens (including phenoxy) is 2. The third-order valence-electron chi connectivity index (χ3n) is 6.41. The first-order chi connectivity index (χ1) is 21.8. The van der Waals surface area contributed by atoms with Gasteiger partial charge in [0.15, 0.2) is 0 Å². The normalized spacial score (nSPS) is 23.5. The van der Waals surface area contributed by atoms with E-state index in [1.54, 1.807) is 38.2 Å². The molecule has 2 aromatic heterocycles. The predicted octanol–water partition coefficient (Wildman–Crippen LogP) is 6.28. The zero-order valence-electron chi connectivity index (χ0n) is 30.7. The summed E-state index contributed by atoms with van der Waals surface area (Å²) >= 11 is 3.41. The van der Waals surface area contributed by atoms with Gasteiger partial charge in [0.1, 0.15) is 6.54 Å². The van der Waals surface area contributed by atoms with Crippen LogP contribution in [0.2, 0.25) is 0 Å². The van der Waals surface area contributed by atoms with Gasteiger partial charge in [0.05, 0.1) is 41.5 Å². The molecule has 4 rings (SSSR count). The molecule has 0 radical (unpaired) electrons. The van der Waals surface area contributed by atoms with Crippen molar-refractivity contribution in [2.24, 2.45) is 5.41 Å². The first-order valence-corrected chi connectivity index (χ1v) is 13.2. The van der Waals surface area contributed by atoms with Crippen molar-refractivity contribution in [1.82, 2.24) is 14.9 Å². The van der Waals surface area contributed by atoms with Crippen LogP contribution in [0.5, 0.6) is 0 Å². The number of pyridine rings is 1. The summed E-state index contributed by atoms with van der Waals surface area (Å²) in [4.78, 5) is 16.4. The molecule has 3 aromatic rings. The van der Waals surface area contributed by atoms with Gasteiger partial charge in [-0.05, 0) is 43.2 Å². The Kier molecular flexibility index (Phi) is 6.38. The Morgan fingerprint density at radius 2 is 1.95 bits per heavy atom. The van der Waals surface area contributed by atoms with Crippen LogP contribution < -0.4 is 10.2 Å². The van der Waals surface area contributed by atoms with E-state index in [2.05, 4.69) is 20.9 Å². The van der Waals surface area contributed by atoms with E-state index < -0.39 is 61.9 Å². The molecule has 1 fully saturated rings. The van der Waals surface area contributed by atoms with E-state index in [0.717, 1.165) is 10.8 Å². The molecule has 1 atom stereocenters. The monoisotopic (exact) mass is 632 g/mol. The third-order valence-corrected chi connectivity index (χ3v) is 6.90. The molecule has 1 aromatic carbocycles. The minimum absolute atomic E-state index is 0.00754. The molecule has 3 heterocycles. The van der Waals surface area contributed by atoms with E-state index >= 15 is 0 Å².